The molecule has 4 nitrogen and oxygen atoms in total. The summed E-state index contributed by atoms with van der Waals surface area (Å²) < 4.78 is 16.2. The van der Waals surface area contributed by atoms with Crippen LogP contribution in [0.1, 0.15) is 51.0 Å². The molecule has 0 N–H and O–H groups in total. The Hall–Kier alpha value is -1.55. The van der Waals surface area contributed by atoms with E-state index in [4.69, 9.17) is 14.2 Å². The SMILES string of the molecule is CCCCC[C@H]1OC(=O)O[C@H]1CCCOCc1ccccc1. The molecule has 4 heteroatoms. The first-order valence-electron chi connectivity index (χ1n) is 8.28. The zero-order valence-electron chi connectivity index (χ0n) is 13.3. The molecular formula is C18H26O4. The summed E-state index contributed by atoms with van der Waals surface area (Å²) in [5.74, 6) is 0. The smallest absolute Gasteiger partial charge is 0.427 e. The first kappa shape index (κ1) is 16.8. The van der Waals surface area contributed by atoms with Crippen molar-refractivity contribution in [2.24, 2.45) is 0 Å². The molecular weight excluding hydrogens is 280 g/mol. The fourth-order valence-electron chi connectivity index (χ4n) is 2.66. The molecule has 1 aromatic rings. The van der Waals surface area contributed by atoms with Crippen LogP contribution in [0.4, 0.5) is 4.79 Å². The summed E-state index contributed by atoms with van der Waals surface area (Å²) in [6.45, 7) is 3.46. The van der Waals surface area contributed by atoms with E-state index in [-0.39, 0.29) is 12.2 Å². The van der Waals surface area contributed by atoms with Gasteiger partial charge < -0.3 is 14.2 Å². The Morgan fingerprint density at radius 2 is 1.68 bits per heavy atom. The second kappa shape index (κ2) is 9.46. The first-order chi connectivity index (χ1) is 10.8. The Kier molecular flexibility index (Phi) is 7.23. The Morgan fingerprint density at radius 3 is 2.36 bits per heavy atom. The Balaban J connectivity index is 1.61. The molecule has 0 bridgehead atoms. The van der Waals surface area contributed by atoms with Gasteiger partial charge in [0.1, 0.15) is 12.2 Å². The second-order valence-corrected chi connectivity index (χ2v) is 5.74. The zero-order chi connectivity index (χ0) is 15.6. The average molecular weight is 306 g/mol. The standard InChI is InChI=1S/C18H26O4/c1-2-3-5-11-16-17(22-18(19)21-16)12-8-13-20-14-15-9-6-4-7-10-15/h4,6-7,9-10,16-17H,2-3,5,8,11-14H2,1H3/t16-,17+/m1/s1. The van der Waals surface area contributed by atoms with Gasteiger partial charge >= 0.3 is 6.16 Å². The highest BCUT2D eigenvalue weighted by atomic mass is 16.8. The first-order valence-corrected chi connectivity index (χ1v) is 8.28. The highest BCUT2D eigenvalue weighted by Gasteiger charge is 2.35. The molecule has 122 valence electrons. The largest absolute Gasteiger partial charge is 0.509 e. The summed E-state index contributed by atoms with van der Waals surface area (Å²) in [6, 6.07) is 10.1. The lowest BCUT2D eigenvalue weighted by Crippen LogP contribution is -2.23. The van der Waals surface area contributed by atoms with Gasteiger partial charge in [-0.05, 0) is 31.2 Å². The fraction of sp³-hybridized carbons (Fsp3) is 0.611. The molecule has 1 aliphatic heterocycles. The normalized spacial score (nSPS) is 20.7. The minimum Gasteiger partial charge on any atom is -0.427 e. The van der Waals surface area contributed by atoms with Crippen molar-refractivity contribution in [1.82, 2.24) is 0 Å². The number of carbonyl (C=O) groups is 1. The van der Waals surface area contributed by atoms with E-state index in [0.717, 1.165) is 25.7 Å². The van der Waals surface area contributed by atoms with Gasteiger partial charge in [-0.2, -0.15) is 0 Å². The quantitative estimate of drug-likeness (QED) is 0.472. The van der Waals surface area contributed by atoms with Crippen LogP contribution < -0.4 is 0 Å². The number of cyclic esters (lactones) is 2. The third-order valence-corrected chi connectivity index (χ3v) is 3.89. The third kappa shape index (κ3) is 5.68. The summed E-state index contributed by atoms with van der Waals surface area (Å²) in [5.41, 5.74) is 1.18. The predicted octanol–water partition coefficient (Wildman–Crippen LogP) is 4.47. The lowest BCUT2D eigenvalue weighted by atomic mass is 10.0. The van der Waals surface area contributed by atoms with E-state index in [9.17, 15) is 4.79 Å². The van der Waals surface area contributed by atoms with Crippen molar-refractivity contribution in [2.75, 3.05) is 6.61 Å². The van der Waals surface area contributed by atoms with Crippen LogP contribution in [0.3, 0.4) is 0 Å². The number of carbonyl (C=O) groups excluding carboxylic acids is 1. The molecule has 0 spiro atoms. The highest BCUT2D eigenvalue weighted by molar-refractivity contribution is 5.62. The Bertz CT molecular complexity index is 432. The van der Waals surface area contributed by atoms with Crippen molar-refractivity contribution in [1.29, 1.82) is 0 Å². The molecule has 1 saturated heterocycles. The van der Waals surface area contributed by atoms with E-state index in [2.05, 4.69) is 19.1 Å². The van der Waals surface area contributed by atoms with Crippen molar-refractivity contribution in [2.45, 2.75) is 64.3 Å². The monoisotopic (exact) mass is 306 g/mol. The Morgan fingerprint density at radius 1 is 1.00 bits per heavy atom. The zero-order valence-corrected chi connectivity index (χ0v) is 13.3. The van der Waals surface area contributed by atoms with Gasteiger partial charge in [-0.15, -0.1) is 0 Å². The summed E-state index contributed by atoms with van der Waals surface area (Å²) in [7, 11) is 0. The second-order valence-electron chi connectivity index (χ2n) is 5.74. The molecule has 1 fully saturated rings. The van der Waals surface area contributed by atoms with Gasteiger partial charge in [-0.25, -0.2) is 4.79 Å². The number of hydrogen-bond acceptors (Lipinski definition) is 4. The van der Waals surface area contributed by atoms with Crippen molar-refractivity contribution < 1.29 is 19.0 Å². The van der Waals surface area contributed by atoms with Crippen molar-refractivity contribution in [3.05, 3.63) is 35.9 Å². The topological polar surface area (TPSA) is 44.8 Å². The molecule has 0 radical (unpaired) electrons. The van der Waals surface area contributed by atoms with Gasteiger partial charge in [0.2, 0.25) is 0 Å². The van der Waals surface area contributed by atoms with E-state index in [1.54, 1.807) is 0 Å². The molecule has 0 aliphatic carbocycles. The van der Waals surface area contributed by atoms with Crippen molar-refractivity contribution >= 4 is 6.16 Å². The summed E-state index contributed by atoms with van der Waals surface area (Å²) >= 11 is 0. The predicted molar refractivity (Wildman–Crippen MR) is 84.6 cm³/mol. The van der Waals surface area contributed by atoms with E-state index in [1.165, 1.54) is 18.4 Å². The van der Waals surface area contributed by atoms with Crippen molar-refractivity contribution in [3.8, 4) is 0 Å². The molecule has 0 saturated carbocycles. The number of unbranched alkanes of at least 4 members (excludes halogenated alkanes) is 2. The van der Waals surface area contributed by atoms with Gasteiger partial charge in [0.05, 0.1) is 6.61 Å². The third-order valence-electron chi connectivity index (χ3n) is 3.89. The molecule has 2 atom stereocenters. The molecule has 0 amide bonds. The summed E-state index contributed by atoms with van der Waals surface area (Å²) in [4.78, 5) is 11.3. The van der Waals surface area contributed by atoms with E-state index >= 15 is 0 Å². The van der Waals surface area contributed by atoms with Crippen LogP contribution in [0.15, 0.2) is 30.3 Å². The lowest BCUT2D eigenvalue weighted by molar-refractivity contribution is 0.0898. The Labute approximate surface area is 132 Å². The lowest BCUT2D eigenvalue weighted by Gasteiger charge is -2.15. The fourth-order valence-corrected chi connectivity index (χ4v) is 2.66. The van der Waals surface area contributed by atoms with Crippen LogP contribution in [0.25, 0.3) is 0 Å². The average Bonchev–Trinajstić information content (AvgIpc) is 2.88. The molecule has 0 unspecified atom stereocenters. The highest BCUT2D eigenvalue weighted by Crippen LogP contribution is 2.24. The van der Waals surface area contributed by atoms with Crippen LogP contribution in [0.5, 0.6) is 0 Å². The van der Waals surface area contributed by atoms with Crippen LogP contribution in [-0.2, 0) is 20.8 Å². The maximum atomic E-state index is 11.3. The van der Waals surface area contributed by atoms with Crippen LogP contribution in [-0.4, -0.2) is 25.0 Å². The van der Waals surface area contributed by atoms with Crippen LogP contribution in [0, 0.1) is 0 Å². The molecule has 1 aliphatic rings. The van der Waals surface area contributed by atoms with Gasteiger partial charge in [0.25, 0.3) is 0 Å². The summed E-state index contributed by atoms with van der Waals surface area (Å²) in [6.07, 6.45) is 5.29. The molecule has 1 aromatic carbocycles. The number of hydrogen-bond donors (Lipinski definition) is 0. The van der Waals surface area contributed by atoms with E-state index in [1.807, 2.05) is 18.2 Å². The number of ether oxygens (including phenoxy) is 3. The molecule has 2 rings (SSSR count). The summed E-state index contributed by atoms with van der Waals surface area (Å²) in [5, 5.41) is 0. The minimum absolute atomic E-state index is 0.0758. The van der Waals surface area contributed by atoms with E-state index in [0.29, 0.717) is 13.2 Å². The maximum Gasteiger partial charge on any atom is 0.509 e. The van der Waals surface area contributed by atoms with Crippen molar-refractivity contribution in [3.63, 3.8) is 0 Å². The number of benzene rings is 1. The molecule has 22 heavy (non-hydrogen) atoms. The van der Waals surface area contributed by atoms with E-state index < -0.39 is 6.16 Å². The van der Waals surface area contributed by atoms with Gasteiger partial charge in [-0.1, -0.05) is 50.1 Å². The molecule has 0 aromatic heterocycles. The molecule has 1 heterocycles. The van der Waals surface area contributed by atoms with Gasteiger partial charge in [0, 0.05) is 6.61 Å². The minimum atomic E-state index is -0.517. The van der Waals surface area contributed by atoms with Crippen LogP contribution >= 0.6 is 0 Å². The van der Waals surface area contributed by atoms with Crippen LogP contribution in [0.2, 0.25) is 0 Å². The number of rotatable bonds is 10. The maximum absolute atomic E-state index is 11.3. The van der Waals surface area contributed by atoms with Gasteiger partial charge in [-0.3, -0.25) is 0 Å². The van der Waals surface area contributed by atoms with Gasteiger partial charge in [0.15, 0.2) is 0 Å².